The van der Waals surface area contributed by atoms with Crippen LogP contribution >= 0.6 is 0 Å². The van der Waals surface area contributed by atoms with Crippen LogP contribution in [0.5, 0.6) is 0 Å². The highest BCUT2D eigenvalue weighted by molar-refractivity contribution is 5.86. The van der Waals surface area contributed by atoms with Gasteiger partial charge in [-0.2, -0.15) is 0 Å². The zero-order chi connectivity index (χ0) is 12.6. The van der Waals surface area contributed by atoms with Crippen LogP contribution in [0.15, 0.2) is 18.2 Å². The number of halogens is 1. The molecule has 0 radical (unpaired) electrons. The van der Waals surface area contributed by atoms with Gasteiger partial charge < -0.3 is 10.3 Å². The number of para-hydroxylation sites is 1. The molecule has 0 aliphatic carbocycles. The number of aromatic amines is 1. The molecular formula is C14H19FN2. The SMILES string of the molecule is CNCC(C)(C)c1c(C)[nH]c2c(F)cccc12. The van der Waals surface area contributed by atoms with E-state index in [2.05, 4.69) is 24.1 Å². The summed E-state index contributed by atoms with van der Waals surface area (Å²) in [5, 5.41) is 4.18. The molecule has 1 aromatic heterocycles. The van der Waals surface area contributed by atoms with Gasteiger partial charge in [0.15, 0.2) is 0 Å². The van der Waals surface area contributed by atoms with E-state index < -0.39 is 0 Å². The number of aromatic nitrogens is 1. The molecule has 2 nitrogen and oxygen atoms in total. The Morgan fingerprint density at radius 2 is 2.06 bits per heavy atom. The fourth-order valence-corrected chi connectivity index (χ4v) is 2.71. The van der Waals surface area contributed by atoms with Crippen molar-refractivity contribution in [3.8, 4) is 0 Å². The van der Waals surface area contributed by atoms with E-state index in [1.165, 1.54) is 11.6 Å². The summed E-state index contributed by atoms with van der Waals surface area (Å²) in [6, 6.07) is 5.24. The zero-order valence-electron chi connectivity index (χ0n) is 10.8. The van der Waals surface area contributed by atoms with Crippen molar-refractivity contribution in [2.75, 3.05) is 13.6 Å². The van der Waals surface area contributed by atoms with Crippen molar-refractivity contribution in [1.82, 2.24) is 10.3 Å². The third kappa shape index (κ3) is 1.95. The van der Waals surface area contributed by atoms with Crippen LogP contribution in [0.2, 0.25) is 0 Å². The lowest BCUT2D eigenvalue weighted by molar-refractivity contribution is 0.495. The van der Waals surface area contributed by atoms with Crippen molar-refractivity contribution >= 4 is 10.9 Å². The van der Waals surface area contributed by atoms with Crippen molar-refractivity contribution in [2.45, 2.75) is 26.2 Å². The van der Waals surface area contributed by atoms with Crippen LogP contribution in [0.4, 0.5) is 4.39 Å². The Bertz CT molecular complexity index is 540. The molecule has 17 heavy (non-hydrogen) atoms. The second-order valence-electron chi connectivity index (χ2n) is 5.20. The quantitative estimate of drug-likeness (QED) is 0.839. The Morgan fingerprint density at radius 3 is 2.71 bits per heavy atom. The van der Waals surface area contributed by atoms with E-state index in [-0.39, 0.29) is 11.2 Å². The second-order valence-corrected chi connectivity index (χ2v) is 5.20. The van der Waals surface area contributed by atoms with Gasteiger partial charge in [-0.1, -0.05) is 26.0 Å². The van der Waals surface area contributed by atoms with Crippen LogP contribution in [-0.2, 0) is 5.41 Å². The van der Waals surface area contributed by atoms with E-state index in [0.29, 0.717) is 5.52 Å². The van der Waals surface area contributed by atoms with E-state index in [1.807, 2.05) is 20.0 Å². The van der Waals surface area contributed by atoms with Gasteiger partial charge >= 0.3 is 0 Å². The van der Waals surface area contributed by atoms with Crippen LogP contribution in [0.3, 0.4) is 0 Å². The van der Waals surface area contributed by atoms with Crippen molar-refractivity contribution < 1.29 is 4.39 Å². The fraction of sp³-hybridized carbons (Fsp3) is 0.429. The first-order chi connectivity index (χ1) is 7.97. The van der Waals surface area contributed by atoms with E-state index in [1.54, 1.807) is 6.07 Å². The normalized spacial score (nSPS) is 12.3. The number of aryl methyl sites for hydroxylation is 1. The maximum atomic E-state index is 13.7. The number of benzene rings is 1. The first-order valence-corrected chi connectivity index (χ1v) is 5.89. The molecule has 92 valence electrons. The summed E-state index contributed by atoms with van der Waals surface area (Å²) in [5.74, 6) is -0.183. The molecule has 2 N–H and O–H groups in total. The van der Waals surface area contributed by atoms with Gasteiger partial charge in [0.05, 0.1) is 5.52 Å². The van der Waals surface area contributed by atoms with Gasteiger partial charge in [-0.05, 0) is 25.6 Å². The summed E-state index contributed by atoms with van der Waals surface area (Å²) in [4.78, 5) is 3.16. The summed E-state index contributed by atoms with van der Waals surface area (Å²) in [6.45, 7) is 7.21. The topological polar surface area (TPSA) is 27.8 Å². The Balaban J connectivity index is 2.69. The summed E-state index contributed by atoms with van der Waals surface area (Å²) < 4.78 is 13.7. The van der Waals surface area contributed by atoms with Gasteiger partial charge in [0.2, 0.25) is 0 Å². The molecule has 0 amide bonds. The Morgan fingerprint density at radius 1 is 1.35 bits per heavy atom. The average molecular weight is 234 g/mol. The molecule has 0 unspecified atom stereocenters. The van der Waals surface area contributed by atoms with Gasteiger partial charge in [0.1, 0.15) is 5.82 Å². The highest BCUT2D eigenvalue weighted by Crippen LogP contribution is 2.33. The molecule has 1 aromatic carbocycles. The summed E-state index contributed by atoms with van der Waals surface area (Å²) >= 11 is 0. The third-order valence-electron chi connectivity index (χ3n) is 3.27. The van der Waals surface area contributed by atoms with Crippen molar-refractivity contribution in [3.63, 3.8) is 0 Å². The smallest absolute Gasteiger partial charge is 0.147 e. The minimum Gasteiger partial charge on any atom is -0.356 e. The van der Waals surface area contributed by atoms with Crippen LogP contribution in [0.25, 0.3) is 10.9 Å². The van der Waals surface area contributed by atoms with Crippen molar-refractivity contribution in [3.05, 3.63) is 35.3 Å². The van der Waals surface area contributed by atoms with Gasteiger partial charge in [0.25, 0.3) is 0 Å². The van der Waals surface area contributed by atoms with Crippen molar-refractivity contribution in [2.24, 2.45) is 0 Å². The molecule has 2 aromatic rings. The molecule has 0 saturated carbocycles. The first kappa shape index (κ1) is 12.1. The molecule has 1 heterocycles. The van der Waals surface area contributed by atoms with Crippen LogP contribution in [0, 0.1) is 12.7 Å². The van der Waals surface area contributed by atoms with E-state index in [4.69, 9.17) is 0 Å². The molecule has 2 rings (SSSR count). The molecule has 3 heteroatoms. The van der Waals surface area contributed by atoms with Gasteiger partial charge in [0, 0.05) is 23.0 Å². The molecule has 0 aliphatic heterocycles. The maximum Gasteiger partial charge on any atom is 0.147 e. The summed E-state index contributed by atoms with van der Waals surface area (Å²) in [5.41, 5.74) is 2.83. The predicted molar refractivity (Wildman–Crippen MR) is 69.9 cm³/mol. The molecule has 0 fully saturated rings. The molecular weight excluding hydrogens is 215 g/mol. The monoisotopic (exact) mass is 234 g/mol. The second kappa shape index (κ2) is 4.15. The fourth-order valence-electron chi connectivity index (χ4n) is 2.71. The van der Waals surface area contributed by atoms with Crippen LogP contribution in [0.1, 0.15) is 25.1 Å². The average Bonchev–Trinajstić information content (AvgIpc) is 2.56. The van der Waals surface area contributed by atoms with E-state index in [0.717, 1.165) is 17.6 Å². The standard InChI is InChI=1S/C14H19FN2/c1-9-12(14(2,3)8-16-4)10-6-5-7-11(15)13(10)17-9/h5-7,16-17H,8H2,1-4H3. The Kier molecular flexibility index (Phi) is 2.96. The zero-order valence-corrected chi connectivity index (χ0v) is 10.8. The highest BCUT2D eigenvalue weighted by Gasteiger charge is 2.26. The lowest BCUT2D eigenvalue weighted by atomic mass is 9.82. The number of rotatable bonds is 3. The van der Waals surface area contributed by atoms with E-state index >= 15 is 0 Å². The predicted octanol–water partition coefficient (Wildman–Crippen LogP) is 3.11. The lowest BCUT2D eigenvalue weighted by Gasteiger charge is -2.25. The number of fused-ring (bicyclic) bond motifs is 1. The Labute approximate surface area is 101 Å². The minimum atomic E-state index is -0.183. The molecule has 0 bridgehead atoms. The molecule has 0 atom stereocenters. The Hall–Kier alpha value is -1.35. The summed E-state index contributed by atoms with van der Waals surface area (Å²) in [7, 11) is 1.94. The number of likely N-dealkylation sites (N-methyl/N-ethyl adjacent to an activating group) is 1. The first-order valence-electron chi connectivity index (χ1n) is 5.89. The number of nitrogens with one attached hydrogen (secondary N) is 2. The highest BCUT2D eigenvalue weighted by atomic mass is 19.1. The summed E-state index contributed by atoms with van der Waals surface area (Å²) in [6.07, 6.45) is 0. The third-order valence-corrected chi connectivity index (χ3v) is 3.27. The number of hydrogen-bond donors (Lipinski definition) is 2. The van der Waals surface area contributed by atoms with Crippen molar-refractivity contribution in [1.29, 1.82) is 0 Å². The molecule has 0 saturated heterocycles. The number of H-pyrrole nitrogens is 1. The number of hydrogen-bond acceptors (Lipinski definition) is 1. The lowest BCUT2D eigenvalue weighted by Crippen LogP contribution is -2.31. The van der Waals surface area contributed by atoms with Crippen LogP contribution in [-0.4, -0.2) is 18.6 Å². The van der Waals surface area contributed by atoms with Gasteiger partial charge in [-0.15, -0.1) is 0 Å². The minimum absolute atomic E-state index is 0.0229. The largest absolute Gasteiger partial charge is 0.356 e. The van der Waals surface area contributed by atoms with Crippen LogP contribution < -0.4 is 5.32 Å². The maximum absolute atomic E-state index is 13.7. The van der Waals surface area contributed by atoms with Gasteiger partial charge in [-0.25, -0.2) is 4.39 Å². The van der Waals surface area contributed by atoms with E-state index in [9.17, 15) is 4.39 Å². The van der Waals surface area contributed by atoms with Gasteiger partial charge in [-0.3, -0.25) is 0 Å². The molecule has 0 spiro atoms. The molecule has 0 aliphatic rings.